The van der Waals surface area contributed by atoms with Crippen LogP contribution in [0.3, 0.4) is 0 Å². The number of amides is 1. The van der Waals surface area contributed by atoms with E-state index in [9.17, 15) is 4.79 Å². The first-order chi connectivity index (χ1) is 9.12. The van der Waals surface area contributed by atoms with Gasteiger partial charge in [0.25, 0.3) is 0 Å². The number of rotatable bonds is 7. The summed E-state index contributed by atoms with van der Waals surface area (Å²) in [5.74, 6) is 1.18. The quantitative estimate of drug-likeness (QED) is 0.726. The van der Waals surface area contributed by atoms with Crippen molar-refractivity contribution in [3.05, 3.63) is 36.4 Å². The average Bonchev–Trinajstić information content (AvgIpc) is 2.44. The Kier molecular flexibility index (Phi) is 5.89. The van der Waals surface area contributed by atoms with Gasteiger partial charge in [0, 0.05) is 12.1 Å². The lowest BCUT2D eigenvalue weighted by atomic mass is 10.1. The second-order valence-electron chi connectivity index (χ2n) is 4.03. The Bertz CT molecular complexity index is 446. The number of nitrogens with one attached hydrogen (secondary N) is 1. The molecule has 1 aromatic carbocycles. The van der Waals surface area contributed by atoms with Gasteiger partial charge in [-0.2, -0.15) is 0 Å². The molecule has 5 nitrogen and oxygen atoms in total. The van der Waals surface area contributed by atoms with E-state index in [2.05, 4.69) is 11.9 Å². The normalized spacial score (nSPS) is 11.5. The van der Waals surface area contributed by atoms with Crippen molar-refractivity contribution in [3.8, 4) is 11.5 Å². The zero-order chi connectivity index (χ0) is 14.3. The first kappa shape index (κ1) is 15.0. The van der Waals surface area contributed by atoms with Gasteiger partial charge in [0.2, 0.25) is 5.91 Å². The summed E-state index contributed by atoms with van der Waals surface area (Å²) in [6.45, 7) is 3.89. The predicted molar refractivity (Wildman–Crippen MR) is 74.2 cm³/mol. The Labute approximate surface area is 113 Å². The van der Waals surface area contributed by atoms with Gasteiger partial charge in [-0.3, -0.25) is 4.79 Å². The van der Waals surface area contributed by atoms with Gasteiger partial charge in [-0.25, -0.2) is 0 Å². The molecule has 104 valence electrons. The molecule has 1 unspecified atom stereocenters. The Hall–Kier alpha value is -2.01. The summed E-state index contributed by atoms with van der Waals surface area (Å²) < 4.78 is 10.4. The van der Waals surface area contributed by atoms with E-state index in [1.807, 2.05) is 6.07 Å². The lowest BCUT2D eigenvalue weighted by Crippen LogP contribution is -2.39. The molecule has 5 heteroatoms. The third kappa shape index (κ3) is 4.30. The Morgan fingerprint density at radius 1 is 1.47 bits per heavy atom. The molecule has 0 saturated carbocycles. The molecule has 0 aromatic heterocycles. The number of benzene rings is 1. The minimum absolute atomic E-state index is 0.218. The maximum atomic E-state index is 11.7. The predicted octanol–water partition coefficient (Wildman–Crippen LogP) is 1.22. The molecule has 0 saturated heterocycles. The number of ether oxygens (including phenoxy) is 2. The zero-order valence-electron chi connectivity index (χ0n) is 11.3. The van der Waals surface area contributed by atoms with Gasteiger partial charge in [-0.15, -0.1) is 6.58 Å². The van der Waals surface area contributed by atoms with Gasteiger partial charge in [0.1, 0.15) is 11.5 Å². The smallest absolute Gasteiger partial charge is 0.237 e. The minimum atomic E-state index is -0.575. The number of hydrogen-bond acceptors (Lipinski definition) is 4. The van der Waals surface area contributed by atoms with Crippen LogP contribution in [0.15, 0.2) is 30.9 Å². The molecule has 0 bridgehead atoms. The number of hydrogen-bond donors (Lipinski definition) is 2. The summed E-state index contributed by atoms with van der Waals surface area (Å²) in [6.07, 6.45) is 2.07. The minimum Gasteiger partial charge on any atom is -0.497 e. The summed E-state index contributed by atoms with van der Waals surface area (Å²) in [7, 11) is 3.17. The van der Waals surface area contributed by atoms with Gasteiger partial charge in [0.15, 0.2) is 0 Å². The van der Waals surface area contributed by atoms with Crippen LogP contribution in [0.25, 0.3) is 0 Å². The van der Waals surface area contributed by atoms with E-state index < -0.39 is 6.04 Å². The van der Waals surface area contributed by atoms with Crippen molar-refractivity contribution in [1.29, 1.82) is 0 Å². The average molecular weight is 264 g/mol. The van der Waals surface area contributed by atoms with E-state index in [1.165, 1.54) is 0 Å². The van der Waals surface area contributed by atoms with Crippen molar-refractivity contribution in [2.45, 2.75) is 19.0 Å². The molecule has 0 heterocycles. The Morgan fingerprint density at radius 3 is 2.79 bits per heavy atom. The standard InChI is InChI=1S/C14H20N2O3/c1-4-5-12(15)14(17)16-9-10-8-11(18-2)6-7-13(10)19-3/h4,6-8,12H,1,5,9,15H2,2-3H3,(H,16,17). The van der Waals surface area contributed by atoms with Gasteiger partial charge >= 0.3 is 0 Å². The molecule has 1 rings (SSSR count). The lowest BCUT2D eigenvalue weighted by molar-refractivity contribution is -0.122. The van der Waals surface area contributed by atoms with Crippen LogP contribution in [0.2, 0.25) is 0 Å². The highest BCUT2D eigenvalue weighted by atomic mass is 16.5. The maximum Gasteiger partial charge on any atom is 0.237 e. The zero-order valence-corrected chi connectivity index (χ0v) is 11.3. The van der Waals surface area contributed by atoms with Crippen LogP contribution in [0.5, 0.6) is 11.5 Å². The third-order valence-corrected chi connectivity index (χ3v) is 2.70. The Balaban J connectivity index is 2.70. The van der Waals surface area contributed by atoms with E-state index >= 15 is 0 Å². The van der Waals surface area contributed by atoms with Crippen molar-refractivity contribution >= 4 is 5.91 Å². The first-order valence-electron chi connectivity index (χ1n) is 5.97. The molecule has 3 N–H and O–H groups in total. The van der Waals surface area contributed by atoms with E-state index in [0.717, 1.165) is 5.56 Å². The molecule has 19 heavy (non-hydrogen) atoms. The number of nitrogens with two attached hydrogens (primary N) is 1. The highest BCUT2D eigenvalue weighted by Crippen LogP contribution is 2.23. The van der Waals surface area contributed by atoms with Crippen molar-refractivity contribution < 1.29 is 14.3 Å². The molecule has 0 radical (unpaired) electrons. The van der Waals surface area contributed by atoms with Gasteiger partial charge in [-0.05, 0) is 24.6 Å². The van der Waals surface area contributed by atoms with E-state index in [-0.39, 0.29) is 5.91 Å². The fraction of sp³-hybridized carbons (Fsp3) is 0.357. The molecule has 0 aliphatic heterocycles. The van der Waals surface area contributed by atoms with Crippen LogP contribution in [0.4, 0.5) is 0 Å². The topological polar surface area (TPSA) is 73.6 Å². The summed E-state index contributed by atoms with van der Waals surface area (Å²) in [5, 5.41) is 2.76. The summed E-state index contributed by atoms with van der Waals surface area (Å²) >= 11 is 0. The fourth-order valence-electron chi connectivity index (χ4n) is 1.62. The van der Waals surface area contributed by atoms with Crippen molar-refractivity contribution in [2.24, 2.45) is 5.73 Å². The molecular formula is C14H20N2O3. The number of carbonyl (C=O) groups is 1. The van der Waals surface area contributed by atoms with E-state index in [1.54, 1.807) is 32.4 Å². The molecule has 0 aliphatic carbocycles. The van der Waals surface area contributed by atoms with Crippen LogP contribution in [0, 0.1) is 0 Å². The van der Waals surface area contributed by atoms with Crippen LogP contribution in [-0.4, -0.2) is 26.2 Å². The second-order valence-corrected chi connectivity index (χ2v) is 4.03. The fourth-order valence-corrected chi connectivity index (χ4v) is 1.62. The Morgan fingerprint density at radius 2 is 2.21 bits per heavy atom. The van der Waals surface area contributed by atoms with Gasteiger partial charge in [-0.1, -0.05) is 6.08 Å². The maximum absolute atomic E-state index is 11.7. The van der Waals surface area contributed by atoms with Crippen molar-refractivity contribution in [3.63, 3.8) is 0 Å². The molecule has 0 spiro atoms. The van der Waals surface area contributed by atoms with Gasteiger partial charge in [0.05, 0.1) is 20.3 Å². The van der Waals surface area contributed by atoms with Crippen LogP contribution < -0.4 is 20.5 Å². The highest BCUT2D eigenvalue weighted by molar-refractivity contribution is 5.81. The number of carbonyl (C=O) groups excluding carboxylic acids is 1. The first-order valence-corrected chi connectivity index (χ1v) is 5.97. The van der Waals surface area contributed by atoms with E-state index in [4.69, 9.17) is 15.2 Å². The molecule has 1 amide bonds. The summed E-state index contributed by atoms with van der Waals surface area (Å²) in [5.41, 5.74) is 6.51. The van der Waals surface area contributed by atoms with Gasteiger partial charge < -0.3 is 20.5 Å². The molecule has 1 aromatic rings. The highest BCUT2D eigenvalue weighted by Gasteiger charge is 2.12. The summed E-state index contributed by atoms with van der Waals surface area (Å²) in [6, 6.07) is 4.84. The third-order valence-electron chi connectivity index (χ3n) is 2.70. The summed E-state index contributed by atoms with van der Waals surface area (Å²) in [4.78, 5) is 11.7. The lowest BCUT2D eigenvalue weighted by Gasteiger charge is -2.13. The second kappa shape index (κ2) is 7.43. The van der Waals surface area contributed by atoms with Crippen LogP contribution in [-0.2, 0) is 11.3 Å². The number of methoxy groups -OCH3 is 2. The van der Waals surface area contributed by atoms with Crippen molar-refractivity contribution in [1.82, 2.24) is 5.32 Å². The molecule has 1 atom stereocenters. The van der Waals surface area contributed by atoms with Crippen LogP contribution >= 0.6 is 0 Å². The SMILES string of the molecule is C=CCC(N)C(=O)NCc1cc(OC)ccc1OC. The van der Waals surface area contributed by atoms with Crippen molar-refractivity contribution in [2.75, 3.05) is 14.2 Å². The molecule has 0 aliphatic rings. The monoisotopic (exact) mass is 264 g/mol. The van der Waals surface area contributed by atoms with E-state index in [0.29, 0.717) is 24.5 Å². The largest absolute Gasteiger partial charge is 0.497 e. The van der Waals surface area contributed by atoms with Crippen LogP contribution in [0.1, 0.15) is 12.0 Å². The molecular weight excluding hydrogens is 244 g/mol. The molecule has 0 fully saturated rings.